The summed E-state index contributed by atoms with van der Waals surface area (Å²) in [7, 11) is 0. The van der Waals surface area contributed by atoms with E-state index in [1.54, 1.807) is 0 Å². The molecule has 0 amide bonds. The van der Waals surface area contributed by atoms with E-state index in [-0.39, 0.29) is 0 Å². The normalized spacial score (nSPS) is 22.5. The third-order valence-electron chi connectivity index (χ3n) is 3.73. The van der Waals surface area contributed by atoms with Gasteiger partial charge in [-0.25, -0.2) is 0 Å². The summed E-state index contributed by atoms with van der Waals surface area (Å²) in [5.41, 5.74) is 1.36. The Morgan fingerprint density at radius 1 is 1.00 bits per heavy atom. The van der Waals surface area contributed by atoms with Crippen molar-refractivity contribution in [1.82, 2.24) is 5.32 Å². The van der Waals surface area contributed by atoms with Crippen molar-refractivity contribution in [2.45, 2.75) is 24.9 Å². The van der Waals surface area contributed by atoms with Gasteiger partial charge in [-0.1, -0.05) is 18.2 Å². The number of ether oxygens (including phenoxy) is 1. The lowest BCUT2D eigenvalue weighted by Gasteiger charge is -2.37. The number of nitrogens with one attached hydrogen (secondary N) is 1. The number of benzene rings is 1. The first-order valence-corrected chi connectivity index (χ1v) is 6.55. The smallest absolute Gasteiger partial charge is 0.0643 e. The van der Waals surface area contributed by atoms with Crippen molar-refractivity contribution in [3.63, 3.8) is 0 Å². The molecule has 0 bridgehead atoms. The van der Waals surface area contributed by atoms with E-state index in [0.29, 0.717) is 12.1 Å². The maximum Gasteiger partial charge on any atom is 0.0643 e. The highest BCUT2D eigenvalue weighted by Crippen LogP contribution is 2.20. The van der Waals surface area contributed by atoms with Gasteiger partial charge in [0, 0.05) is 24.8 Å². The summed E-state index contributed by atoms with van der Waals surface area (Å²) in [6.07, 6.45) is 2.48. The van der Waals surface area contributed by atoms with Gasteiger partial charge in [-0.15, -0.1) is 0 Å². The second-order valence-electron chi connectivity index (χ2n) is 5.00. The maximum absolute atomic E-state index is 5.19. The highest BCUT2D eigenvalue weighted by atomic mass is 16.5. The van der Waals surface area contributed by atoms with Gasteiger partial charge in [-0.05, 0) is 25.0 Å². The van der Waals surface area contributed by atoms with Crippen molar-refractivity contribution in [2.24, 2.45) is 0 Å². The molecule has 0 atom stereocenters. The van der Waals surface area contributed by atoms with Crippen LogP contribution in [0.1, 0.15) is 12.8 Å². The van der Waals surface area contributed by atoms with Crippen LogP contribution in [0.25, 0.3) is 0 Å². The van der Waals surface area contributed by atoms with Crippen molar-refractivity contribution >= 4 is 5.69 Å². The van der Waals surface area contributed by atoms with Crippen molar-refractivity contribution in [3.8, 4) is 0 Å². The molecule has 0 saturated carbocycles. The van der Waals surface area contributed by atoms with Crippen LogP contribution >= 0.6 is 0 Å². The van der Waals surface area contributed by atoms with Gasteiger partial charge < -0.3 is 15.0 Å². The van der Waals surface area contributed by atoms with Crippen molar-refractivity contribution < 1.29 is 4.74 Å². The van der Waals surface area contributed by atoms with Crippen LogP contribution in [0.3, 0.4) is 0 Å². The third-order valence-corrected chi connectivity index (χ3v) is 3.73. The molecule has 1 aromatic carbocycles. The molecule has 92 valence electrons. The zero-order valence-electron chi connectivity index (χ0n) is 10.1. The topological polar surface area (TPSA) is 24.5 Å². The number of rotatable bonds is 3. The van der Waals surface area contributed by atoms with Crippen LogP contribution < -0.4 is 10.2 Å². The number of para-hydroxylation sites is 1. The molecule has 3 heteroatoms. The summed E-state index contributed by atoms with van der Waals surface area (Å²) in [4.78, 5) is 2.48. The average Bonchev–Trinajstić information content (AvgIpc) is 2.36. The maximum atomic E-state index is 5.19. The van der Waals surface area contributed by atoms with Crippen LogP contribution in [0.5, 0.6) is 0 Å². The monoisotopic (exact) mass is 232 g/mol. The summed E-state index contributed by atoms with van der Waals surface area (Å²) in [5.74, 6) is 0. The molecule has 0 aromatic heterocycles. The van der Waals surface area contributed by atoms with Gasteiger partial charge in [0.1, 0.15) is 0 Å². The molecule has 2 aliphatic rings. The molecule has 1 aromatic rings. The van der Waals surface area contributed by atoms with Crippen molar-refractivity contribution in [2.75, 3.05) is 31.2 Å². The van der Waals surface area contributed by atoms with Crippen LogP contribution in [0.4, 0.5) is 5.69 Å². The molecular formula is C14H20N2O. The minimum Gasteiger partial charge on any atom is -0.378 e. The quantitative estimate of drug-likeness (QED) is 0.857. The molecule has 0 unspecified atom stereocenters. The lowest BCUT2D eigenvalue weighted by molar-refractivity contribution is -0.0111. The van der Waals surface area contributed by atoms with Crippen LogP contribution in [-0.4, -0.2) is 38.4 Å². The second-order valence-corrected chi connectivity index (χ2v) is 5.00. The van der Waals surface area contributed by atoms with E-state index in [2.05, 4.69) is 40.5 Å². The zero-order valence-corrected chi connectivity index (χ0v) is 10.1. The summed E-state index contributed by atoms with van der Waals surface area (Å²) < 4.78 is 5.19. The number of hydrogen-bond donors (Lipinski definition) is 1. The predicted molar refractivity (Wildman–Crippen MR) is 69.4 cm³/mol. The Morgan fingerprint density at radius 2 is 1.71 bits per heavy atom. The molecule has 3 nitrogen and oxygen atoms in total. The van der Waals surface area contributed by atoms with Gasteiger partial charge in [0.15, 0.2) is 0 Å². The Labute approximate surface area is 103 Å². The minimum absolute atomic E-state index is 0.614. The van der Waals surface area contributed by atoms with Crippen molar-refractivity contribution in [1.29, 1.82) is 0 Å². The lowest BCUT2D eigenvalue weighted by Crippen LogP contribution is -2.53. The average molecular weight is 232 g/mol. The van der Waals surface area contributed by atoms with E-state index in [4.69, 9.17) is 4.74 Å². The van der Waals surface area contributed by atoms with E-state index in [0.717, 1.165) is 26.3 Å². The van der Waals surface area contributed by atoms with Crippen LogP contribution in [0.15, 0.2) is 30.3 Å². The zero-order chi connectivity index (χ0) is 11.5. The summed E-state index contributed by atoms with van der Waals surface area (Å²) in [6.45, 7) is 4.13. The third kappa shape index (κ3) is 2.61. The van der Waals surface area contributed by atoms with Crippen LogP contribution in [0, 0.1) is 0 Å². The molecular weight excluding hydrogens is 212 g/mol. The Bertz CT molecular complexity index is 342. The Kier molecular flexibility index (Phi) is 3.29. The fraction of sp³-hybridized carbons (Fsp3) is 0.571. The number of nitrogens with zero attached hydrogens (tertiary/aromatic N) is 1. The van der Waals surface area contributed by atoms with E-state index >= 15 is 0 Å². The van der Waals surface area contributed by atoms with Gasteiger partial charge in [-0.3, -0.25) is 0 Å². The number of anilines is 1. The summed E-state index contributed by atoms with van der Waals surface area (Å²) >= 11 is 0. The minimum atomic E-state index is 0.614. The fourth-order valence-corrected chi connectivity index (χ4v) is 2.61. The Hall–Kier alpha value is -1.06. The summed E-state index contributed by atoms with van der Waals surface area (Å²) in [6, 6.07) is 12.0. The first-order chi connectivity index (χ1) is 8.42. The first kappa shape index (κ1) is 11.1. The van der Waals surface area contributed by atoms with Gasteiger partial charge in [0.25, 0.3) is 0 Å². The molecule has 2 heterocycles. The molecule has 17 heavy (non-hydrogen) atoms. The SMILES string of the molecule is c1ccc(N2CCC(NC3COC3)CC2)cc1. The molecule has 2 aliphatic heterocycles. The van der Waals surface area contributed by atoms with Crippen molar-refractivity contribution in [3.05, 3.63) is 30.3 Å². The molecule has 0 aliphatic carbocycles. The van der Waals surface area contributed by atoms with Gasteiger partial charge in [0.05, 0.1) is 19.3 Å². The fourth-order valence-electron chi connectivity index (χ4n) is 2.61. The van der Waals surface area contributed by atoms with Crippen LogP contribution in [0.2, 0.25) is 0 Å². The van der Waals surface area contributed by atoms with Gasteiger partial charge in [0.2, 0.25) is 0 Å². The first-order valence-electron chi connectivity index (χ1n) is 6.55. The van der Waals surface area contributed by atoms with E-state index in [1.807, 2.05) is 0 Å². The van der Waals surface area contributed by atoms with Gasteiger partial charge in [-0.2, -0.15) is 0 Å². The predicted octanol–water partition coefficient (Wildman–Crippen LogP) is 1.64. The van der Waals surface area contributed by atoms with E-state index < -0.39 is 0 Å². The van der Waals surface area contributed by atoms with Crippen LogP contribution in [-0.2, 0) is 4.74 Å². The molecule has 2 fully saturated rings. The molecule has 2 saturated heterocycles. The molecule has 1 N–H and O–H groups in total. The Balaban J connectivity index is 1.50. The number of piperidine rings is 1. The molecule has 0 spiro atoms. The molecule has 3 rings (SSSR count). The lowest BCUT2D eigenvalue weighted by atomic mass is 10.0. The van der Waals surface area contributed by atoms with Gasteiger partial charge >= 0.3 is 0 Å². The largest absolute Gasteiger partial charge is 0.378 e. The second kappa shape index (κ2) is 5.07. The molecule has 0 radical (unpaired) electrons. The van der Waals surface area contributed by atoms with E-state index in [9.17, 15) is 0 Å². The van der Waals surface area contributed by atoms with E-state index in [1.165, 1.54) is 18.5 Å². The highest BCUT2D eigenvalue weighted by molar-refractivity contribution is 5.46. The standard InChI is InChI=1S/C14H20N2O/c1-2-4-14(5-3-1)16-8-6-12(7-9-16)15-13-10-17-11-13/h1-5,12-13,15H,6-11H2. The highest BCUT2D eigenvalue weighted by Gasteiger charge is 2.25. The number of hydrogen-bond acceptors (Lipinski definition) is 3. The Morgan fingerprint density at radius 3 is 2.29 bits per heavy atom. The summed E-state index contributed by atoms with van der Waals surface area (Å²) in [5, 5.41) is 3.68.